The Hall–Kier alpha value is -2.32. The zero-order valence-corrected chi connectivity index (χ0v) is 13.0. The number of carboxylic acids is 1. The molecule has 0 bridgehead atoms. The Kier molecular flexibility index (Phi) is 3.00. The number of aliphatic carboxylic acids is 1. The van der Waals surface area contributed by atoms with Crippen LogP contribution in [0.25, 0.3) is 10.9 Å². The number of hydrogen-bond acceptors (Lipinski definition) is 3. The quantitative estimate of drug-likeness (QED) is 0.912. The number of carbonyl (C=O) groups is 1. The molecule has 1 aromatic carbocycles. The predicted octanol–water partition coefficient (Wildman–Crippen LogP) is 3.00. The van der Waals surface area contributed by atoms with Gasteiger partial charge in [-0.25, -0.2) is 0 Å². The zero-order valence-electron chi connectivity index (χ0n) is 13.0. The van der Waals surface area contributed by atoms with E-state index in [4.69, 9.17) is 4.74 Å². The number of benzene rings is 1. The molecule has 1 unspecified atom stereocenters. The van der Waals surface area contributed by atoms with Gasteiger partial charge >= 0.3 is 5.97 Å². The summed E-state index contributed by atoms with van der Waals surface area (Å²) in [6.45, 7) is 2.50. The minimum absolute atomic E-state index is 0.0293. The second kappa shape index (κ2) is 4.84. The van der Waals surface area contributed by atoms with E-state index in [9.17, 15) is 15.2 Å². The van der Waals surface area contributed by atoms with Gasteiger partial charge < -0.3 is 14.8 Å². The van der Waals surface area contributed by atoms with Crippen molar-refractivity contribution in [3.05, 3.63) is 34.5 Å². The molecule has 1 aliphatic carbocycles. The van der Waals surface area contributed by atoms with Gasteiger partial charge in [0, 0.05) is 5.39 Å². The van der Waals surface area contributed by atoms with Crippen LogP contribution in [0.2, 0.25) is 0 Å². The minimum Gasteiger partial charge on any atom is -0.481 e. The number of ether oxygens (including phenoxy) is 1. The van der Waals surface area contributed by atoms with Gasteiger partial charge in [0.15, 0.2) is 0 Å². The van der Waals surface area contributed by atoms with E-state index in [0.29, 0.717) is 18.6 Å². The minimum atomic E-state index is -0.847. The van der Waals surface area contributed by atoms with Crippen LogP contribution in [0.1, 0.15) is 41.6 Å². The molecule has 2 N–H and O–H groups in total. The van der Waals surface area contributed by atoms with Crippen LogP contribution in [0.4, 0.5) is 0 Å². The number of hydrogen-bond donors (Lipinski definition) is 2. The first-order valence-corrected chi connectivity index (χ1v) is 7.97. The van der Waals surface area contributed by atoms with Gasteiger partial charge in [-0.15, -0.1) is 0 Å². The summed E-state index contributed by atoms with van der Waals surface area (Å²) in [5.74, 6) is -0.600. The fraction of sp³-hybridized carbons (Fsp3) is 0.444. The Labute approximate surface area is 133 Å². The lowest BCUT2D eigenvalue weighted by atomic mass is 9.84. The van der Waals surface area contributed by atoms with Crippen LogP contribution in [0.5, 0.6) is 0 Å². The maximum atomic E-state index is 11.5. The fourth-order valence-corrected chi connectivity index (χ4v) is 4.00. The largest absolute Gasteiger partial charge is 0.481 e. The van der Waals surface area contributed by atoms with Gasteiger partial charge in [0.1, 0.15) is 5.60 Å². The first kappa shape index (κ1) is 14.3. The number of rotatable bonds is 3. The van der Waals surface area contributed by atoms with E-state index in [1.54, 1.807) is 0 Å². The molecule has 1 atom stereocenters. The van der Waals surface area contributed by atoms with E-state index in [1.807, 2.05) is 19.1 Å². The Balaban J connectivity index is 2.02. The summed E-state index contributed by atoms with van der Waals surface area (Å²) in [5.41, 5.74) is 3.83. The van der Waals surface area contributed by atoms with Crippen molar-refractivity contribution in [2.45, 2.75) is 38.2 Å². The van der Waals surface area contributed by atoms with Crippen molar-refractivity contribution >= 4 is 16.9 Å². The van der Waals surface area contributed by atoms with Crippen LogP contribution in [-0.2, 0) is 21.6 Å². The molecule has 0 radical (unpaired) electrons. The van der Waals surface area contributed by atoms with Crippen LogP contribution in [-0.4, -0.2) is 22.7 Å². The number of carboxylic acid groups (broad SMARTS) is 1. The number of nitrogens with zero attached hydrogens (tertiary/aromatic N) is 1. The monoisotopic (exact) mass is 310 g/mol. The lowest BCUT2D eigenvalue weighted by molar-refractivity contribution is -0.151. The summed E-state index contributed by atoms with van der Waals surface area (Å²) in [5, 5.41) is 19.8. The molecule has 0 spiro atoms. The Morgan fingerprint density at radius 1 is 1.52 bits per heavy atom. The molecule has 4 rings (SSSR count). The highest BCUT2D eigenvalue weighted by Gasteiger charge is 2.52. The number of nitriles is 1. The van der Waals surface area contributed by atoms with Crippen LogP contribution in [0, 0.1) is 24.2 Å². The first-order valence-electron chi connectivity index (χ1n) is 7.97. The summed E-state index contributed by atoms with van der Waals surface area (Å²) in [6.07, 6.45) is 2.67. The summed E-state index contributed by atoms with van der Waals surface area (Å²) in [4.78, 5) is 14.9. The molecule has 0 saturated heterocycles. The lowest BCUT2D eigenvalue weighted by Gasteiger charge is -2.36. The third-order valence-electron chi connectivity index (χ3n) is 5.17. The first-order chi connectivity index (χ1) is 11.1. The van der Waals surface area contributed by atoms with E-state index in [0.717, 1.165) is 40.6 Å². The van der Waals surface area contributed by atoms with Crippen LogP contribution >= 0.6 is 0 Å². The van der Waals surface area contributed by atoms with Gasteiger partial charge in [-0.2, -0.15) is 5.26 Å². The van der Waals surface area contributed by atoms with Crippen LogP contribution < -0.4 is 0 Å². The van der Waals surface area contributed by atoms with Crippen molar-refractivity contribution < 1.29 is 14.6 Å². The van der Waals surface area contributed by atoms with Gasteiger partial charge in [-0.1, -0.05) is 6.07 Å². The molecule has 1 aromatic heterocycles. The normalized spacial score (nSPS) is 23.5. The van der Waals surface area contributed by atoms with E-state index < -0.39 is 11.6 Å². The number of aryl methyl sites for hydroxylation is 1. The van der Waals surface area contributed by atoms with Crippen molar-refractivity contribution in [2.24, 2.45) is 5.92 Å². The number of aromatic amines is 1. The van der Waals surface area contributed by atoms with Crippen molar-refractivity contribution in [3.8, 4) is 6.07 Å². The lowest BCUT2D eigenvalue weighted by Crippen LogP contribution is -2.40. The zero-order chi connectivity index (χ0) is 16.2. The Morgan fingerprint density at radius 2 is 2.30 bits per heavy atom. The molecule has 23 heavy (non-hydrogen) atoms. The van der Waals surface area contributed by atoms with Crippen molar-refractivity contribution in [3.63, 3.8) is 0 Å². The number of H-pyrrole nitrogens is 1. The predicted molar refractivity (Wildman–Crippen MR) is 84.1 cm³/mol. The third kappa shape index (κ3) is 1.98. The van der Waals surface area contributed by atoms with Gasteiger partial charge in [0.25, 0.3) is 0 Å². The second-order valence-electron chi connectivity index (χ2n) is 6.60. The molecule has 1 aliphatic heterocycles. The Morgan fingerprint density at radius 3 is 2.96 bits per heavy atom. The fourth-order valence-electron chi connectivity index (χ4n) is 4.00. The van der Waals surface area contributed by atoms with E-state index >= 15 is 0 Å². The van der Waals surface area contributed by atoms with Crippen molar-refractivity contribution in [1.82, 2.24) is 4.98 Å². The van der Waals surface area contributed by atoms with Crippen LogP contribution in [0.15, 0.2) is 12.1 Å². The van der Waals surface area contributed by atoms with Gasteiger partial charge in [-0.05, 0) is 49.3 Å². The molecule has 2 aromatic rings. The molecule has 0 amide bonds. The maximum Gasteiger partial charge on any atom is 0.306 e. The summed E-state index contributed by atoms with van der Waals surface area (Å²) < 4.78 is 6.07. The van der Waals surface area contributed by atoms with Crippen LogP contribution in [0.3, 0.4) is 0 Å². The van der Waals surface area contributed by atoms with Gasteiger partial charge in [-0.3, -0.25) is 4.79 Å². The Bertz CT molecular complexity index is 857. The molecule has 5 nitrogen and oxygen atoms in total. The van der Waals surface area contributed by atoms with Crippen molar-refractivity contribution in [1.29, 1.82) is 5.26 Å². The van der Waals surface area contributed by atoms with E-state index in [1.165, 1.54) is 0 Å². The number of aromatic nitrogens is 1. The summed E-state index contributed by atoms with van der Waals surface area (Å²) in [7, 11) is 0. The maximum absolute atomic E-state index is 11.5. The SMILES string of the molecule is Cc1ccc(C#N)c2c3c([nH]c12)C(CC(=O)O)(C1CC1)OCC3. The molecule has 2 aliphatic rings. The van der Waals surface area contributed by atoms with Gasteiger partial charge in [0.2, 0.25) is 0 Å². The van der Waals surface area contributed by atoms with Crippen molar-refractivity contribution in [2.75, 3.05) is 6.61 Å². The highest BCUT2D eigenvalue weighted by atomic mass is 16.5. The average Bonchev–Trinajstić information content (AvgIpc) is 3.29. The third-order valence-corrected chi connectivity index (χ3v) is 5.17. The molecular formula is C18H18N2O3. The smallest absolute Gasteiger partial charge is 0.306 e. The number of fused-ring (bicyclic) bond motifs is 3. The summed E-state index contributed by atoms with van der Waals surface area (Å²) in [6, 6.07) is 6.04. The molecule has 5 heteroatoms. The second-order valence-corrected chi connectivity index (χ2v) is 6.60. The van der Waals surface area contributed by atoms with E-state index in [2.05, 4.69) is 11.1 Å². The molecule has 1 saturated carbocycles. The molecule has 2 heterocycles. The molecule has 118 valence electrons. The summed E-state index contributed by atoms with van der Waals surface area (Å²) >= 11 is 0. The average molecular weight is 310 g/mol. The standard InChI is InChI=1S/C18H18N2O3/c1-10-2-3-11(9-19)15-13-6-7-23-18(8-14(21)22,12-4-5-12)17(13)20-16(10)15/h2-3,12,20H,4-8H2,1H3,(H,21,22). The molecule has 1 fully saturated rings. The number of nitrogens with one attached hydrogen (secondary N) is 1. The van der Waals surface area contributed by atoms with E-state index in [-0.39, 0.29) is 12.3 Å². The molecular weight excluding hydrogens is 292 g/mol. The topological polar surface area (TPSA) is 86.1 Å². The highest BCUT2D eigenvalue weighted by molar-refractivity contribution is 5.93. The van der Waals surface area contributed by atoms with Gasteiger partial charge in [0.05, 0.1) is 35.9 Å². The highest BCUT2D eigenvalue weighted by Crippen LogP contribution is 2.53.